The van der Waals surface area contributed by atoms with E-state index < -0.39 is 5.97 Å². The minimum Gasteiger partial charge on any atom is -0.496 e. The molecule has 0 unspecified atom stereocenters. The van der Waals surface area contributed by atoms with E-state index in [1.807, 2.05) is 19.1 Å². The van der Waals surface area contributed by atoms with Gasteiger partial charge >= 0.3 is 5.97 Å². The van der Waals surface area contributed by atoms with Crippen LogP contribution in [0, 0.1) is 6.92 Å². The topological polar surface area (TPSA) is 72.6 Å². The highest BCUT2D eigenvalue weighted by molar-refractivity contribution is 9.10. The Kier molecular flexibility index (Phi) is 3.38. The van der Waals surface area contributed by atoms with Crippen LogP contribution >= 0.6 is 15.9 Å². The number of aromatic nitrogens is 1. The van der Waals surface area contributed by atoms with Crippen LogP contribution in [0.15, 0.2) is 27.2 Å². The number of aryl methyl sites for hydroxylation is 1. The largest absolute Gasteiger partial charge is 0.496 e. The first-order valence-electron chi connectivity index (χ1n) is 5.08. The minimum absolute atomic E-state index is 0.195. The molecule has 2 aromatic rings. The number of benzene rings is 1. The number of methoxy groups -OCH3 is 1. The van der Waals surface area contributed by atoms with Crippen molar-refractivity contribution in [2.45, 2.75) is 6.92 Å². The fraction of sp³-hybridized carbons (Fsp3) is 0.167. The summed E-state index contributed by atoms with van der Waals surface area (Å²) in [5.74, 6) is -0.694. The average Bonchev–Trinajstić information content (AvgIpc) is 2.79. The van der Waals surface area contributed by atoms with Gasteiger partial charge in [0.25, 0.3) is 0 Å². The predicted molar refractivity (Wildman–Crippen MR) is 67.9 cm³/mol. The van der Waals surface area contributed by atoms with Gasteiger partial charge < -0.3 is 14.4 Å². The Morgan fingerprint density at radius 3 is 2.78 bits per heavy atom. The molecule has 1 N–H and O–H groups in total. The number of aromatic carboxylic acids is 1. The minimum atomic E-state index is -1.15. The van der Waals surface area contributed by atoms with E-state index in [2.05, 4.69) is 21.1 Å². The third-order valence-corrected chi connectivity index (χ3v) is 3.30. The van der Waals surface area contributed by atoms with Crippen molar-refractivity contribution in [3.05, 3.63) is 34.0 Å². The van der Waals surface area contributed by atoms with Gasteiger partial charge in [0.2, 0.25) is 5.76 Å². The van der Waals surface area contributed by atoms with Crippen LogP contribution in [0.4, 0.5) is 0 Å². The molecular formula is C12H10BrNO4. The molecule has 0 saturated carbocycles. The fourth-order valence-corrected chi connectivity index (χ4v) is 2.43. The summed E-state index contributed by atoms with van der Waals surface area (Å²) in [6.45, 7) is 1.90. The smallest absolute Gasteiger partial charge is 0.374 e. The summed E-state index contributed by atoms with van der Waals surface area (Å²) in [4.78, 5) is 10.8. The van der Waals surface area contributed by atoms with Crippen molar-refractivity contribution in [1.82, 2.24) is 5.16 Å². The number of carboxylic acid groups (broad SMARTS) is 1. The first-order valence-corrected chi connectivity index (χ1v) is 5.87. The van der Waals surface area contributed by atoms with E-state index in [1.54, 1.807) is 7.11 Å². The van der Waals surface area contributed by atoms with Crippen molar-refractivity contribution < 1.29 is 19.2 Å². The monoisotopic (exact) mass is 311 g/mol. The standard InChI is InChI=1S/C12H10BrNO4/c1-6-3-4-8(17-2)11(13)10(6)7-5-9(12(15)16)18-14-7/h3-5H,1-2H3,(H,15,16). The highest BCUT2D eigenvalue weighted by atomic mass is 79.9. The molecule has 0 radical (unpaired) electrons. The molecule has 1 aromatic heterocycles. The first-order chi connectivity index (χ1) is 8.54. The first kappa shape index (κ1) is 12.6. The summed E-state index contributed by atoms with van der Waals surface area (Å²) in [5, 5.41) is 12.6. The van der Waals surface area contributed by atoms with E-state index in [0.29, 0.717) is 11.4 Å². The van der Waals surface area contributed by atoms with E-state index in [9.17, 15) is 4.79 Å². The maximum absolute atomic E-state index is 10.8. The van der Waals surface area contributed by atoms with Crippen LogP contribution in [-0.2, 0) is 0 Å². The molecule has 18 heavy (non-hydrogen) atoms. The molecule has 6 heteroatoms. The van der Waals surface area contributed by atoms with Gasteiger partial charge in [0.1, 0.15) is 11.4 Å². The van der Waals surface area contributed by atoms with Crippen molar-refractivity contribution >= 4 is 21.9 Å². The number of hydrogen-bond donors (Lipinski definition) is 1. The Balaban J connectivity index is 2.58. The van der Waals surface area contributed by atoms with Crippen LogP contribution in [0.2, 0.25) is 0 Å². The molecule has 0 atom stereocenters. The van der Waals surface area contributed by atoms with Crippen molar-refractivity contribution in [3.63, 3.8) is 0 Å². The molecule has 0 saturated heterocycles. The second kappa shape index (κ2) is 4.81. The Morgan fingerprint density at radius 1 is 1.50 bits per heavy atom. The van der Waals surface area contributed by atoms with Crippen LogP contribution in [0.5, 0.6) is 5.75 Å². The number of hydrogen-bond acceptors (Lipinski definition) is 4. The van der Waals surface area contributed by atoms with Gasteiger partial charge in [0, 0.05) is 11.6 Å². The highest BCUT2D eigenvalue weighted by Gasteiger charge is 2.18. The Hall–Kier alpha value is -1.82. The number of carboxylic acids is 1. The third-order valence-electron chi connectivity index (χ3n) is 2.51. The molecule has 0 fully saturated rings. The molecule has 94 valence electrons. The molecule has 0 bridgehead atoms. The Labute approximate surface area is 111 Å². The van der Waals surface area contributed by atoms with Gasteiger partial charge in [0.05, 0.1) is 11.6 Å². The van der Waals surface area contributed by atoms with Gasteiger partial charge in [-0.05, 0) is 34.5 Å². The average molecular weight is 312 g/mol. The van der Waals surface area contributed by atoms with E-state index in [-0.39, 0.29) is 5.76 Å². The summed E-state index contributed by atoms with van der Waals surface area (Å²) in [5.41, 5.74) is 2.15. The summed E-state index contributed by atoms with van der Waals surface area (Å²) < 4.78 is 10.7. The molecule has 0 aliphatic rings. The Bertz CT molecular complexity index is 606. The highest BCUT2D eigenvalue weighted by Crippen LogP contribution is 2.37. The van der Waals surface area contributed by atoms with Gasteiger partial charge in [-0.1, -0.05) is 11.2 Å². The van der Waals surface area contributed by atoms with E-state index in [1.165, 1.54) is 6.07 Å². The van der Waals surface area contributed by atoms with E-state index >= 15 is 0 Å². The molecule has 0 spiro atoms. The van der Waals surface area contributed by atoms with Crippen molar-refractivity contribution in [1.29, 1.82) is 0 Å². The maximum Gasteiger partial charge on any atom is 0.374 e. The van der Waals surface area contributed by atoms with Crippen LogP contribution in [-0.4, -0.2) is 23.3 Å². The predicted octanol–water partition coefficient (Wildman–Crippen LogP) is 3.12. The Morgan fingerprint density at radius 2 is 2.22 bits per heavy atom. The lowest BCUT2D eigenvalue weighted by molar-refractivity contribution is 0.0652. The second-order valence-electron chi connectivity index (χ2n) is 3.66. The maximum atomic E-state index is 10.8. The quantitative estimate of drug-likeness (QED) is 0.942. The zero-order valence-electron chi connectivity index (χ0n) is 9.73. The number of nitrogens with zero attached hydrogens (tertiary/aromatic N) is 1. The van der Waals surface area contributed by atoms with Crippen LogP contribution in [0.1, 0.15) is 16.1 Å². The molecule has 0 aliphatic heterocycles. The van der Waals surface area contributed by atoms with Crippen LogP contribution in [0.3, 0.4) is 0 Å². The van der Waals surface area contributed by atoms with Crippen molar-refractivity contribution in [2.75, 3.05) is 7.11 Å². The molecular weight excluding hydrogens is 302 g/mol. The van der Waals surface area contributed by atoms with E-state index in [0.717, 1.165) is 15.6 Å². The fourth-order valence-electron chi connectivity index (χ4n) is 1.62. The summed E-state index contributed by atoms with van der Waals surface area (Å²) in [7, 11) is 1.56. The molecule has 1 aromatic carbocycles. The van der Waals surface area contributed by atoms with Crippen molar-refractivity contribution in [2.24, 2.45) is 0 Å². The zero-order chi connectivity index (χ0) is 13.3. The number of carbonyl (C=O) groups is 1. The van der Waals surface area contributed by atoms with Gasteiger partial charge in [-0.2, -0.15) is 0 Å². The molecule has 2 rings (SSSR count). The van der Waals surface area contributed by atoms with Crippen LogP contribution in [0.25, 0.3) is 11.3 Å². The molecule has 1 heterocycles. The number of ether oxygens (including phenoxy) is 1. The lowest BCUT2D eigenvalue weighted by Crippen LogP contribution is -1.92. The second-order valence-corrected chi connectivity index (χ2v) is 4.45. The van der Waals surface area contributed by atoms with Crippen LogP contribution < -0.4 is 4.74 Å². The lowest BCUT2D eigenvalue weighted by Gasteiger charge is -2.09. The summed E-state index contributed by atoms with van der Waals surface area (Å²) >= 11 is 3.42. The molecule has 5 nitrogen and oxygen atoms in total. The summed E-state index contributed by atoms with van der Waals surface area (Å²) in [6.07, 6.45) is 0. The normalized spacial score (nSPS) is 10.4. The summed E-state index contributed by atoms with van der Waals surface area (Å²) in [6, 6.07) is 5.07. The van der Waals surface area contributed by atoms with Gasteiger partial charge in [-0.15, -0.1) is 0 Å². The van der Waals surface area contributed by atoms with Gasteiger partial charge in [-0.25, -0.2) is 4.79 Å². The van der Waals surface area contributed by atoms with Gasteiger partial charge in [0.15, 0.2) is 0 Å². The van der Waals surface area contributed by atoms with Gasteiger partial charge in [-0.3, -0.25) is 0 Å². The molecule has 0 aliphatic carbocycles. The lowest BCUT2D eigenvalue weighted by atomic mass is 10.1. The third kappa shape index (κ3) is 2.11. The van der Waals surface area contributed by atoms with Crippen molar-refractivity contribution in [3.8, 4) is 17.0 Å². The molecule has 0 amide bonds. The zero-order valence-corrected chi connectivity index (χ0v) is 11.3. The number of halogens is 1. The SMILES string of the molecule is COc1ccc(C)c(-c2cc(C(=O)O)on2)c1Br. The van der Waals surface area contributed by atoms with E-state index in [4.69, 9.17) is 14.4 Å². The number of rotatable bonds is 3.